The van der Waals surface area contributed by atoms with Crippen LogP contribution in [0.15, 0.2) is 0 Å². The van der Waals surface area contributed by atoms with Gasteiger partial charge in [-0.3, -0.25) is 4.79 Å². The quantitative estimate of drug-likeness (QED) is 0.784. The molecule has 2 aliphatic rings. The minimum Gasteiger partial charge on any atom is -0.355 e. The summed E-state index contributed by atoms with van der Waals surface area (Å²) < 4.78 is 0. The number of carbonyl (C=O) groups excluding carboxylic acids is 1. The third kappa shape index (κ3) is 5.08. The molecule has 0 bridgehead atoms. The topological polar surface area (TPSA) is 41.1 Å². The van der Waals surface area contributed by atoms with Gasteiger partial charge >= 0.3 is 0 Å². The number of piperidine rings is 1. The summed E-state index contributed by atoms with van der Waals surface area (Å²) in [6.45, 7) is 4.19. The molecule has 1 amide bonds. The Morgan fingerprint density at radius 3 is 2.70 bits per heavy atom. The second-order valence-electron chi connectivity index (χ2n) is 6.72. The first-order valence-corrected chi connectivity index (χ1v) is 8.79. The summed E-state index contributed by atoms with van der Waals surface area (Å²) in [5.41, 5.74) is 0. The van der Waals surface area contributed by atoms with Gasteiger partial charge in [0.25, 0.3) is 0 Å². The van der Waals surface area contributed by atoms with Crippen molar-refractivity contribution >= 4 is 5.91 Å². The van der Waals surface area contributed by atoms with Crippen LogP contribution in [0.25, 0.3) is 0 Å². The van der Waals surface area contributed by atoms with Gasteiger partial charge in [-0.25, -0.2) is 0 Å². The maximum absolute atomic E-state index is 12.0. The van der Waals surface area contributed by atoms with E-state index in [-0.39, 0.29) is 5.91 Å². The van der Waals surface area contributed by atoms with Crippen molar-refractivity contribution in [2.45, 2.75) is 77.2 Å². The van der Waals surface area contributed by atoms with E-state index in [0.717, 1.165) is 37.8 Å². The molecule has 3 heteroatoms. The predicted octanol–water partition coefficient (Wildman–Crippen LogP) is 3.24. The zero-order valence-electron chi connectivity index (χ0n) is 13.1. The summed E-state index contributed by atoms with van der Waals surface area (Å²) in [5.74, 6) is 1.81. The van der Waals surface area contributed by atoms with E-state index in [1.165, 1.54) is 51.4 Å². The average molecular weight is 280 g/mol. The van der Waals surface area contributed by atoms with Gasteiger partial charge in [0, 0.05) is 19.0 Å². The zero-order valence-corrected chi connectivity index (χ0v) is 13.1. The Morgan fingerprint density at radius 2 is 1.95 bits per heavy atom. The van der Waals surface area contributed by atoms with Crippen LogP contribution in [-0.4, -0.2) is 25.0 Å². The summed E-state index contributed by atoms with van der Waals surface area (Å²) in [6, 6.07) is 0.493. The molecule has 2 rings (SSSR count). The first-order chi connectivity index (χ1) is 9.79. The second kappa shape index (κ2) is 8.66. The van der Waals surface area contributed by atoms with Gasteiger partial charge in [0.15, 0.2) is 0 Å². The molecular formula is C17H32N2O. The van der Waals surface area contributed by atoms with Crippen LogP contribution in [0, 0.1) is 11.8 Å². The zero-order chi connectivity index (χ0) is 14.2. The molecule has 0 aromatic heterocycles. The number of rotatable bonds is 6. The van der Waals surface area contributed by atoms with Gasteiger partial charge in [-0.05, 0) is 37.6 Å². The average Bonchev–Trinajstić information content (AvgIpc) is 2.52. The molecule has 0 spiro atoms. The van der Waals surface area contributed by atoms with E-state index in [0.29, 0.717) is 6.04 Å². The molecule has 1 saturated carbocycles. The lowest BCUT2D eigenvalue weighted by molar-refractivity contribution is -0.121. The van der Waals surface area contributed by atoms with Crippen LogP contribution in [0.2, 0.25) is 0 Å². The molecule has 116 valence electrons. The first-order valence-electron chi connectivity index (χ1n) is 8.79. The highest BCUT2D eigenvalue weighted by atomic mass is 16.1. The van der Waals surface area contributed by atoms with E-state index in [1.807, 2.05) is 0 Å². The van der Waals surface area contributed by atoms with Crippen LogP contribution >= 0.6 is 0 Å². The fourth-order valence-corrected chi connectivity index (χ4v) is 3.87. The fraction of sp³-hybridized carbons (Fsp3) is 0.941. The van der Waals surface area contributed by atoms with E-state index in [4.69, 9.17) is 0 Å². The minimum atomic E-state index is 0.262. The lowest BCUT2D eigenvalue weighted by Crippen LogP contribution is -2.48. The number of hydrogen-bond acceptors (Lipinski definition) is 2. The Kier molecular flexibility index (Phi) is 6.85. The Labute approximate surface area is 124 Å². The van der Waals surface area contributed by atoms with E-state index < -0.39 is 0 Å². The third-order valence-electron chi connectivity index (χ3n) is 5.28. The van der Waals surface area contributed by atoms with Crippen LogP contribution in [0.4, 0.5) is 0 Å². The molecule has 2 unspecified atom stereocenters. The minimum absolute atomic E-state index is 0.262. The fourth-order valence-electron chi connectivity index (χ4n) is 3.87. The highest BCUT2D eigenvalue weighted by Crippen LogP contribution is 2.27. The molecule has 1 aliphatic carbocycles. The third-order valence-corrected chi connectivity index (χ3v) is 5.28. The molecule has 3 nitrogen and oxygen atoms in total. The monoisotopic (exact) mass is 280 g/mol. The van der Waals surface area contributed by atoms with Crippen molar-refractivity contribution < 1.29 is 4.79 Å². The van der Waals surface area contributed by atoms with Gasteiger partial charge in [-0.15, -0.1) is 0 Å². The highest BCUT2D eigenvalue weighted by molar-refractivity contribution is 5.75. The Bertz CT molecular complexity index is 287. The maximum atomic E-state index is 12.0. The molecule has 0 aromatic carbocycles. The Balaban J connectivity index is 1.61. The van der Waals surface area contributed by atoms with E-state index in [2.05, 4.69) is 17.6 Å². The highest BCUT2D eigenvalue weighted by Gasteiger charge is 2.23. The molecular weight excluding hydrogens is 248 g/mol. The number of hydrogen-bond donors (Lipinski definition) is 2. The summed E-state index contributed by atoms with van der Waals surface area (Å²) in [4.78, 5) is 12.0. The van der Waals surface area contributed by atoms with Crippen molar-refractivity contribution in [3.05, 3.63) is 0 Å². The van der Waals surface area contributed by atoms with Crippen LogP contribution < -0.4 is 10.6 Å². The molecule has 2 N–H and O–H groups in total. The van der Waals surface area contributed by atoms with Gasteiger partial charge in [0.05, 0.1) is 0 Å². The predicted molar refractivity (Wildman–Crippen MR) is 83.6 cm³/mol. The Hall–Kier alpha value is -0.570. The first kappa shape index (κ1) is 15.8. The number of carbonyl (C=O) groups is 1. The smallest absolute Gasteiger partial charge is 0.220 e. The van der Waals surface area contributed by atoms with E-state index in [9.17, 15) is 4.79 Å². The van der Waals surface area contributed by atoms with E-state index >= 15 is 0 Å². The molecule has 2 atom stereocenters. The summed E-state index contributed by atoms with van der Waals surface area (Å²) in [5, 5.41) is 6.72. The molecule has 2 fully saturated rings. The Morgan fingerprint density at radius 1 is 1.15 bits per heavy atom. The van der Waals surface area contributed by atoms with Gasteiger partial charge in [-0.2, -0.15) is 0 Å². The lowest BCUT2D eigenvalue weighted by atomic mass is 9.86. The maximum Gasteiger partial charge on any atom is 0.220 e. The largest absolute Gasteiger partial charge is 0.355 e. The SMILES string of the molecule is CCC1CCCNC1CNC(=O)CCC1CCCCC1. The molecule has 1 saturated heterocycles. The normalized spacial score (nSPS) is 28.2. The summed E-state index contributed by atoms with van der Waals surface area (Å²) in [6.07, 6.45) is 12.5. The van der Waals surface area contributed by atoms with Crippen LogP contribution in [0.1, 0.15) is 71.1 Å². The van der Waals surface area contributed by atoms with Gasteiger partial charge in [-0.1, -0.05) is 45.4 Å². The van der Waals surface area contributed by atoms with Crippen molar-refractivity contribution in [2.75, 3.05) is 13.1 Å². The lowest BCUT2D eigenvalue weighted by Gasteiger charge is -2.32. The van der Waals surface area contributed by atoms with Crippen molar-refractivity contribution in [3.63, 3.8) is 0 Å². The molecule has 1 heterocycles. The number of amides is 1. The molecule has 1 aliphatic heterocycles. The second-order valence-corrected chi connectivity index (χ2v) is 6.72. The van der Waals surface area contributed by atoms with Crippen molar-refractivity contribution in [1.82, 2.24) is 10.6 Å². The van der Waals surface area contributed by atoms with Crippen molar-refractivity contribution in [2.24, 2.45) is 11.8 Å². The van der Waals surface area contributed by atoms with Gasteiger partial charge in [0.1, 0.15) is 0 Å². The standard InChI is InChI=1S/C17H32N2O/c1-2-15-9-6-12-18-16(15)13-19-17(20)11-10-14-7-4-3-5-8-14/h14-16,18H,2-13H2,1H3,(H,19,20). The number of nitrogens with one attached hydrogen (secondary N) is 2. The van der Waals surface area contributed by atoms with Crippen molar-refractivity contribution in [1.29, 1.82) is 0 Å². The van der Waals surface area contributed by atoms with Crippen LogP contribution in [0.5, 0.6) is 0 Å². The molecule has 0 radical (unpaired) electrons. The van der Waals surface area contributed by atoms with E-state index in [1.54, 1.807) is 0 Å². The summed E-state index contributed by atoms with van der Waals surface area (Å²) >= 11 is 0. The van der Waals surface area contributed by atoms with Gasteiger partial charge in [0.2, 0.25) is 5.91 Å². The molecule has 0 aromatic rings. The van der Waals surface area contributed by atoms with Crippen LogP contribution in [-0.2, 0) is 4.79 Å². The molecule has 20 heavy (non-hydrogen) atoms. The van der Waals surface area contributed by atoms with Gasteiger partial charge < -0.3 is 10.6 Å². The van der Waals surface area contributed by atoms with Crippen molar-refractivity contribution in [3.8, 4) is 0 Å². The van der Waals surface area contributed by atoms with Crippen LogP contribution in [0.3, 0.4) is 0 Å². The summed E-state index contributed by atoms with van der Waals surface area (Å²) in [7, 11) is 0.